The Kier molecular flexibility index (Phi) is 5.39. The van der Waals surface area contributed by atoms with Crippen LogP contribution in [0.2, 0.25) is 0 Å². The number of halogens is 2. The first kappa shape index (κ1) is 16.0. The Morgan fingerprint density at radius 2 is 1.95 bits per heavy atom. The zero-order valence-corrected chi connectivity index (χ0v) is 12.0. The average molecular weight is 292 g/mol. The van der Waals surface area contributed by atoms with Crippen LogP contribution in [0, 0.1) is 11.6 Å². The molecule has 0 fully saturated rings. The number of nitrogens with zero attached hydrogens (tertiary/aromatic N) is 1. The standard InChI is InChI=1S/C12H18F2N2O2S/c1-4-5-16(3)19(17,18)11-7-9(8-15-2)6-10(13)12(11)14/h6-7,15H,4-5,8H2,1-3H3. The highest BCUT2D eigenvalue weighted by Crippen LogP contribution is 2.22. The second-order valence-electron chi connectivity index (χ2n) is 4.25. The lowest BCUT2D eigenvalue weighted by Gasteiger charge is -2.17. The monoisotopic (exact) mass is 292 g/mol. The molecule has 19 heavy (non-hydrogen) atoms. The maximum atomic E-state index is 13.7. The van der Waals surface area contributed by atoms with Crippen LogP contribution in [-0.4, -0.2) is 33.4 Å². The molecule has 0 unspecified atom stereocenters. The fourth-order valence-corrected chi connectivity index (χ4v) is 3.10. The number of hydrogen-bond acceptors (Lipinski definition) is 3. The number of sulfonamides is 1. The van der Waals surface area contributed by atoms with E-state index in [4.69, 9.17) is 0 Å². The summed E-state index contributed by atoms with van der Waals surface area (Å²) in [6, 6.07) is 2.15. The Balaban J connectivity index is 3.32. The van der Waals surface area contributed by atoms with Gasteiger partial charge in [-0.05, 0) is 31.2 Å². The SMILES string of the molecule is CCCN(C)S(=O)(=O)c1cc(CNC)cc(F)c1F. The molecule has 0 heterocycles. The topological polar surface area (TPSA) is 49.4 Å². The van der Waals surface area contributed by atoms with E-state index in [1.165, 1.54) is 7.05 Å². The minimum Gasteiger partial charge on any atom is -0.316 e. The summed E-state index contributed by atoms with van der Waals surface area (Å²) in [6.45, 7) is 2.32. The molecule has 0 radical (unpaired) electrons. The fourth-order valence-electron chi connectivity index (χ4n) is 1.71. The molecular weight excluding hydrogens is 274 g/mol. The predicted octanol–water partition coefficient (Wildman–Crippen LogP) is 1.71. The van der Waals surface area contributed by atoms with Gasteiger partial charge in [0.15, 0.2) is 11.6 Å². The maximum Gasteiger partial charge on any atom is 0.245 e. The van der Waals surface area contributed by atoms with Gasteiger partial charge in [-0.2, -0.15) is 0 Å². The molecule has 1 aromatic carbocycles. The van der Waals surface area contributed by atoms with Gasteiger partial charge in [-0.25, -0.2) is 21.5 Å². The van der Waals surface area contributed by atoms with E-state index in [1.807, 2.05) is 0 Å². The van der Waals surface area contributed by atoms with E-state index in [-0.39, 0.29) is 13.1 Å². The summed E-state index contributed by atoms with van der Waals surface area (Å²) in [4.78, 5) is -0.617. The van der Waals surface area contributed by atoms with Gasteiger partial charge >= 0.3 is 0 Å². The molecule has 0 bridgehead atoms. The molecule has 0 aromatic heterocycles. The van der Waals surface area contributed by atoms with E-state index in [0.29, 0.717) is 12.0 Å². The first-order chi connectivity index (χ1) is 8.84. The van der Waals surface area contributed by atoms with Crippen LogP contribution in [0.5, 0.6) is 0 Å². The largest absolute Gasteiger partial charge is 0.316 e. The zero-order chi connectivity index (χ0) is 14.6. The van der Waals surface area contributed by atoms with E-state index in [0.717, 1.165) is 16.4 Å². The first-order valence-electron chi connectivity index (χ1n) is 5.93. The molecule has 0 saturated heterocycles. The predicted molar refractivity (Wildman–Crippen MR) is 69.2 cm³/mol. The van der Waals surface area contributed by atoms with Crippen LogP contribution < -0.4 is 5.32 Å². The summed E-state index contributed by atoms with van der Waals surface area (Å²) in [5.74, 6) is -2.49. The van der Waals surface area contributed by atoms with E-state index < -0.39 is 26.6 Å². The smallest absolute Gasteiger partial charge is 0.245 e. The minimum absolute atomic E-state index is 0.250. The van der Waals surface area contributed by atoms with Crippen LogP contribution in [-0.2, 0) is 16.6 Å². The quantitative estimate of drug-likeness (QED) is 0.868. The number of benzene rings is 1. The molecule has 7 heteroatoms. The average Bonchev–Trinajstić information content (AvgIpc) is 2.34. The molecule has 1 rings (SSSR count). The van der Waals surface area contributed by atoms with Crippen molar-refractivity contribution in [3.8, 4) is 0 Å². The molecule has 0 aliphatic heterocycles. The third-order valence-corrected chi connectivity index (χ3v) is 4.52. The number of rotatable bonds is 6. The summed E-state index contributed by atoms with van der Waals surface area (Å²) in [7, 11) is -1.02. The van der Waals surface area contributed by atoms with E-state index in [2.05, 4.69) is 5.32 Å². The summed E-state index contributed by atoms with van der Waals surface area (Å²) in [6.07, 6.45) is 0.593. The van der Waals surface area contributed by atoms with Gasteiger partial charge in [-0.15, -0.1) is 0 Å². The van der Waals surface area contributed by atoms with Gasteiger partial charge < -0.3 is 5.32 Å². The van der Waals surface area contributed by atoms with Gasteiger partial charge in [-0.1, -0.05) is 6.92 Å². The molecule has 108 valence electrons. The van der Waals surface area contributed by atoms with E-state index >= 15 is 0 Å². The normalized spacial score (nSPS) is 12.1. The van der Waals surface area contributed by atoms with Crippen LogP contribution in [0.1, 0.15) is 18.9 Å². The minimum atomic E-state index is -4.00. The third-order valence-electron chi connectivity index (χ3n) is 2.66. The Morgan fingerprint density at radius 1 is 1.32 bits per heavy atom. The van der Waals surface area contributed by atoms with Crippen LogP contribution in [0.15, 0.2) is 17.0 Å². The summed E-state index contributed by atoms with van der Waals surface area (Å²) >= 11 is 0. The van der Waals surface area contributed by atoms with Crippen molar-refractivity contribution in [3.05, 3.63) is 29.3 Å². The highest BCUT2D eigenvalue weighted by atomic mass is 32.2. The van der Waals surface area contributed by atoms with Crippen molar-refractivity contribution in [2.75, 3.05) is 20.6 Å². The van der Waals surface area contributed by atoms with Crippen molar-refractivity contribution in [2.24, 2.45) is 0 Å². The Labute approximate surface area is 112 Å². The molecule has 0 aliphatic carbocycles. The van der Waals surface area contributed by atoms with Crippen molar-refractivity contribution in [1.29, 1.82) is 0 Å². The molecule has 0 saturated carbocycles. The van der Waals surface area contributed by atoms with Crippen LogP contribution in [0.25, 0.3) is 0 Å². The molecule has 1 aromatic rings. The van der Waals surface area contributed by atoms with Gasteiger partial charge in [0.2, 0.25) is 10.0 Å². The lowest BCUT2D eigenvalue weighted by Crippen LogP contribution is -2.29. The second-order valence-corrected chi connectivity index (χ2v) is 6.26. The third kappa shape index (κ3) is 3.49. The van der Waals surface area contributed by atoms with Crippen LogP contribution in [0.3, 0.4) is 0 Å². The molecule has 0 aliphatic rings. The molecule has 0 atom stereocenters. The fraction of sp³-hybridized carbons (Fsp3) is 0.500. The first-order valence-corrected chi connectivity index (χ1v) is 7.37. The van der Waals surface area contributed by atoms with Crippen molar-refractivity contribution in [1.82, 2.24) is 9.62 Å². The molecule has 1 N–H and O–H groups in total. The second kappa shape index (κ2) is 6.40. The molecule has 4 nitrogen and oxygen atoms in total. The Hall–Kier alpha value is -1.05. The van der Waals surface area contributed by atoms with Crippen molar-refractivity contribution in [3.63, 3.8) is 0 Å². The summed E-state index contributed by atoms with van der Waals surface area (Å²) in [5.41, 5.74) is 0.380. The van der Waals surface area contributed by atoms with E-state index in [9.17, 15) is 17.2 Å². The highest BCUT2D eigenvalue weighted by Gasteiger charge is 2.26. The Morgan fingerprint density at radius 3 is 2.47 bits per heavy atom. The summed E-state index contributed by atoms with van der Waals surface area (Å²) in [5, 5.41) is 2.77. The highest BCUT2D eigenvalue weighted by molar-refractivity contribution is 7.89. The lowest BCUT2D eigenvalue weighted by molar-refractivity contribution is 0.448. The molecule has 0 spiro atoms. The van der Waals surface area contributed by atoms with E-state index in [1.54, 1.807) is 14.0 Å². The van der Waals surface area contributed by atoms with Gasteiger partial charge in [0.1, 0.15) is 4.90 Å². The van der Waals surface area contributed by atoms with Gasteiger partial charge in [0, 0.05) is 20.1 Å². The lowest BCUT2D eigenvalue weighted by atomic mass is 10.2. The Bertz CT molecular complexity index is 547. The molecule has 0 amide bonds. The summed E-state index contributed by atoms with van der Waals surface area (Å²) < 4.78 is 52.5. The van der Waals surface area contributed by atoms with Crippen LogP contribution >= 0.6 is 0 Å². The van der Waals surface area contributed by atoms with Gasteiger partial charge in [0.05, 0.1) is 0 Å². The van der Waals surface area contributed by atoms with Gasteiger partial charge in [0.25, 0.3) is 0 Å². The number of nitrogens with one attached hydrogen (secondary N) is 1. The maximum absolute atomic E-state index is 13.7. The van der Waals surface area contributed by atoms with Crippen molar-refractivity contribution >= 4 is 10.0 Å². The zero-order valence-electron chi connectivity index (χ0n) is 11.2. The molecular formula is C12H18F2N2O2S. The van der Waals surface area contributed by atoms with Crippen molar-refractivity contribution < 1.29 is 17.2 Å². The number of hydrogen-bond donors (Lipinski definition) is 1. The van der Waals surface area contributed by atoms with Crippen LogP contribution in [0.4, 0.5) is 8.78 Å². The van der Waals surface area contributed by atoms with Crippen molar-refractivity contribution in [2.45, 2.75) is 24.8 Å². The van der Waals surface area contributed by atoms with Gasteiger partial charge in [-0.3, -0.25) is 0 Å².